The van der Waals surface area contributed by atoms with Crippen LogP contribution in [-0.4, -0.2) is 99.0 Å². The van der Waals surface area contributed by atoms with Crippen LogP contribution in [0, 0.1) is 28.1 Å². The third-order valence-electron chi connectivity index (χ3n) is 14.3. The quantitative estimate of drug-likeness (QED) is 0.0974. The highest BCUT2D eigenvalue weighted by molar-refractivity contribution is 5.75. The van der Waals surface area contributed by atoms with Crippen LogP contribution in [-0.2, 0) is 35.6 Å². The first-order valence-corrected chi connectivity index (χ1v) is 19.2. The molecule has 2 heterocycles. The van der Waals surface area contributed by atoms with Crippen LogP contribution in [0.3, 0.4) is 0 Å². The zero-order valence-corrected chi connectivity index (χ0v) is 31.1. The second-order valence-corrected chi connectivity index (χ2v) is 17.4. The molecule has 4 saturated carbocycles. The predicted molar refractivity (Wildman–Crippen MR) is 187 cm³/mol. The molecule has 2 spiro atoms. The van der Waals surface area contributed by atoms with Gasteiger partial charge in [-0.3, -0.25) is 4.90 Å². The van der Waals surface area contributed by atoms with Crippen LogP contribution < -0.4 is 9.47 Å². The molecule has 278 valence electrons. The first-order chi connectivity index (χ1) is 23.8. The lowest BCUT2D eigenvalue weighted by Crippen LogP contribution is -2.85. The third-order valence-corrected chi connectivity index (χ3v) is 14.3. The second kappa shape index (κ2) is 13.0. The van der Waals surface area contributed by atoms with Crippen molar-refractivity contribution in [3.63, 3.8) is 0 Å². The minimum atomic E-state index is -1.12. The van der Waals surface area contributed by atoms with Crippen LogP contribution in [0.5, 0.6) is 11.5 Å². The third kappa shape index (κ3) is 5.20. The predicted octanol–water partition coefficient (Wildman–Crippen LogP) is 5.87. The number of carbonyl (C=O) groups is 2. The van der Waals surface area contributed by atoms with Gasteiger partial charge in [-0.05, 0) is 94.7 Å². The molecule has 7 unspecified atom stereocenters. The van der Waals surface area contributed by atoms with Gasteiger partial charge in [0.25, 0.3) is 0 Å². The van der Waals surface area contributed by atoms with Gasteiger partial charge in [-0.15, -0.1) is 0 Å². The van der Waals surface area contributed by atoms with Gasteiger partial charge in [-0.25, -0.2) is 4.79 Å². The Balaban J connectivity index is 1.14. The minimum absolute atomic E-state index is 0.0423. The summed E-state index contributed by atoms with van der Waals surface area (Å²) >= 11 is 0. The number of benzene rings is 1. The Hall–Kier alpha value is -2.24. The molecule has 0 aromatic heterocycles. The molecule has 4 bridgehead atoms. The SMILES string of the molecule is CCCOCCOCCOCCOC(=O)Oc1ccc2c3c1OC1(C)C4(C=O)CCC5(CC4C(C)(O)C(C)(C)C)C(C2)N(CC2CC2)CCC351. The van der Waals surface area contributed by atoms with Gasteiger partial charge in [0.1, 0.15) is 18.5 Å². The molecule has 10 heteroatoms. The van der Waals surface area contributed by atoms with Gasteiger partial charge >= 0.3 is 6.16 Å². The van der Waals surface area contributed by atoms with Crippen molar-refractivity contribution in [1.82, 2.24) is 4.90 Å². The average molecular weight is 698 g/mol. The molecule has 5 aliphatic carbocycles. The minimum Gasteiger partial charge on any atom is -0.481 e. The number of carbonyl (C=O) groups excluding carboxylic acids is 2. The van der Waals surface area contributed by atoms with Crippen molar-refractivity contribution in [2.24, 2.45) is 28.1 Å². The number of fused-ring (bicyclic) bond motifs is 2. The molecule has 1 aromatic rings. The number of likely N-dealkylation sites (tertiary alicyclic amines) is 1. The van der Waals surface area contributed by atoms with Gasteiger partial charge < -0.3 is 38.3 Å². The molecule has 0 radical (unpaired) electrons. The maximum atomic E-state index is 13.8. The van der Waals surface area contributed by atoms with Crippen LogP contribution in [0.15, 0.2) is 12.1 Å². The average Bonchev–Trinajstić information content (AvgIpc) is 3.84. The Bertz CT molecular complexity index is 1450. The Morgan fingerprint density at radius 1 is 1.00 bits per heavy atom. The number of ether oxygens (including phenoxy) is 6. The molecular weight excluding hydrogens is 638 g/mol. The van der Waals surface area contributed by atoms with E-state index in [0.29, 0.717) is 44.3 Å². The number of aliphatic hydroxyl groups is 1. The highest BCUT2D eigenvalue weighted by Gasteiger charge is 2.86. The highest BCUT2D eigenvalue weighted by Crippen LogP contribution is 2.82. The van der Waals surface area contributed by atoms with Gasteiger partial charge in [0, 0.05) is 41.5 Å². The van der Waals surface area contributed by atoms with E-state index in [4.69, 9.17) is 28.4 Å². The normalized spacial score (nSPS) is 34.9. The number of hydrogen-bond donors (Lipinski definition) is 1. The lowest BCUT2D eigenvalue weighted by Gasteiger charge is -2.78. The second-order valence-electron chi connectivity index (χ2n) is 17.4. The Kier molecular flexibility index (Phi) is 9.40. The number of rotatable bonds is 16. The maximum Gasteiger partial charge on any atom is 0.514 e. The van der Waals surface area contributed by atoms with Crippen molar-refractivity contribution < 1.29 is 43.1 Å². The van der Waals surface area contributed by atoms with E-state index < -0.39 is 33.6 Å². The molecule has 7 aliphatic rings. The summed E-state index contributed by atoms with van der Waals surface area (Å²) in [5, 5.41) is 12.5. The summed E-state index contributed by atoms with van der Waals surface area (Å²) in [6, 6.07) is 4.23. The molecule has 2 aliphatic heterocycles. The summed E-state index contributed by atoms with van der Waals surface area (Å²) in [6.07, 6.45) is 7.99. The molecule has 50 heavy (non-hydrogen) atoms. The zero-order valence-electron chi connectivity index (χ0n) is 31.1. The van der Waals surface area contributed by atoms with E-state index >= 15 is 0 Å². The van der Waals surface area contributed by atoms with Crippen LogP contribution in [0.1, 0.15) is 97.6 Å². The first kappa shape index (κ1) is 36.1. The van der Waals surface area contributed by atoms with Crippen LogP contribution >= 0.6 is 0 Å². The van der Waals surface area contributed by atoms with Gasteiger partial charge in [0.05, 0.1) is 44.1 Å². The lowest BCUT2D eigenvalue weighted by molar-refractivity contribution is -0.301. The fourth-order valence-electron chi connectivity index (χ4n) is 11.2. The lowest BCUT2D eigenvalue weighted by atomic mass is 9.27. The van der Waals surface area contributed by atoms with E-state index in [1.54, 1.807) is 0 Å². The van der Waals surface area contributed by atoms with E-state index in [1.807, 2.05) is 13.0 Å². The van der Waals surface area contributed by atoms with E-state index in [-0.39, 0.29) is 30.6 Å². The monoisotopic (exact) mass is 697 g/mol. The topological polar surface area (TPSA) is 113 Å². The first-order valence-electron chi connectivity index (χ1n) is 19.2. The molecule has 8 rings (SSSR count). The van der Waals surface area contributed by atoms with Crippen molar-refractivity contribution in [3.8, 4) is 11.5 Å². The van der Waals surface area contributed by atoms with Crippen molar-refractivity contribution >= 4 is 12.4 Å². The highest BCUT2D eigenvalue weighted by atomic mass is 16.7. The van der Waals surface area contributed by atoms with Crippen molar-refractivity contribution in [1.29, 1.82) is 0 Å². The molecule has 0 amide bonds. The number of hydrogen-bond acceptors (Lipinski definition) is 10. The van der Waals surface area contributed by atoms with Crippen LogP contribution in [0.25, 0.3) is 0 Å². The van der Waals surface area contributed by atoms with Gasteiger partial charge in [0.15, 0.2) is 11.5 Å². The summed E-state index contributed by atoms with van der Waals surface area (Å²) in [4.78, 5) is 29.6. The summed E-state index contributed by atoms with van der Waals surface area (Å²) < 4.78 is 35.0. The van der Waals surface area contributed by atoms with E-state index in [2.05, 4.69) is 45.6 Å². The van der Waals surface area contributed by atoms with Crippen LogP contribution in [0.4, 0.5) is 4.79 Å². The van der Waals surface area contributed by atoms with Gasteiger partial charge in [0.2, 0.25) is 0 Å². The number of piperidine rings is 1. The maximum absolute atomic E-state index is 13.8. The fraction of sp³-hybridized carbons (Fsp3) is 0.800. The van der Waals surface area contributed by atoms with E-state index in [0.717, 1.165) is 69.6 Å². The largest absolute Gasteiger partial charge is 0.514 e. The zero-order chi connectivity index (χ0) is 35.6. The molecule has 10 nitrogen and oxygen atoms in total. The molecule has 1 N–H and O–H groups in total. The molecule has 1 aromatic carbocycles. The summed E-state index contributed by atoms with van der Waals surface area (Å²) in [5.74, 6) is 1.36. The van der Waals surface area contributed by atoms with E-state index in [1.165, 1.54) is 18.4 Å². The smallest absolute Gasteiger partial charge is 0.481 e. The summed E-state index contributed by atoms with van der Waals surface area (Å²) in [6.45, 7) is 17.3. The van der Waals surface area contributed by atoms with Crippen molar-refractivity contribution in [3.05, 3.63) is 23.3 Å². The fourth-order valence-corrected chi connectivity index (χ4v) is 11.2. The summed E-state index contributed by atoms with van der Waals surface area (Å²) in [7, 11) is 0. The standard InChI is InChI=1S/C40H59NO9/c1-7-16-45-17-18-46-19-20-47-21-22-48-34(43)49-29-11-10-28-23-31-38-12-13-39(26-42,30(24-38)36(5,44)35(2,3)4)37(6)40(38,32(28)33(29)50-37)14-15-41(31)25-27-8-9-27/h10-11,26-27,30-31,44H,7-9,12-25H2,1-6H3. The van der Waals surface area contributed by atoms with Gasteiger partial charge in [-0.1, -0.05) is 33.8 Å². The van der Waals surface area contributed by atoms with E-state index in [9.17, 15) is 14.7 Å². The molecule has 5 fully saturated rings. The Labute approximate surface area is 297 Å². The molecule has 1 saturated heterocycles. The Morgan fingerprint density at radius 2 is 1.68 bits per heavy atom. The Morgan fingerprint density at radius 3 is 2.32 bits per heavy atom. The molecular formula is C40H59NO9. The van der Waals surface area contributed by atoms with Crippen molar-refractivity contribution in [2.75, 3.05) is 59.3 Å². The van der Waals surface area contributed by atoms with Crippen molar-refractivity contribution in [2.45, 2.75) is 116 Å². The molecule has 7 atom stereocenters. The van der Waals surface area contributed by atoms with Crippen LogP contribution in [0.2, 0.25) is 0 Å². The summed E-state index contributed by atoms with van der Waals surface area (Å²) in [5.41, 5.74) is -1.74. The number of nitrogens with zero attached hydrogens (tertiary/aromatic N) is 1. The number of aldehydes is 1. The van der Waals surface area contributed by atoms with Gasteiger partial charge in [-0.2, -0.15) is 0 Å².